The second-order valence-electron chi connectivity index (χ2n) is 4.12. The smallest absolute Gasteiger partial charge is 0.0638 e. The molecular formula is C12H21N3. The van der Waals surface area contributed by atoms with E-state index in [2.05, 4.69) is 44.0 Å². The Morgan fingerprint density at radius 1 is 1.60 bits per heavy atom. The molecule has 1 rings (SSSR count). The zero-order valence-corrected chi connectivity index (χ0v) is 9.95. The average Bonchev–Trinajstić information content (AvgIpc) is 2.53. The summed E-state index contributed by atoms with van der Waals surface area (Å²) >= 11 is 0. The van der Waals surface area contributed by atoms with Gasteiger partial charge in [0.15, 0.2) is 0 Å². The third-order valence-electron chi connectivity index (χ3n) is 2.31. The highest BCUT2D eigenvalue weighted by atomic mass is 15.3. The summed E-state index contributed by atoms with van der Waals surface area (Å²) < 4.78 is 1.99. The molecule has 0 saturated carbocycles. The number of nitrogens with zero attached hydrogens (tertiary/aromatic N) is 2. The van der Waals surface area contributed by atoms with Crippen LogP contribution in [0.3, 0.4) is 0 Å². The van der Waals surface area contributed by atoms with Crippen LogP contribution in [0.2, 0.25) is 0 Å². The maximum absolute atomic E-state index is 4.45. The molecule has 84 valence electrons. The average molecular weight is 207 g/mol. The van der Waals surface area contributed by atoms with Crippen LogP contribution >= 0.6 is 0 Å². The molecule has 0 amide bonds. The van der Waals surface area contributed by atoms with Crippen LogP contribution in [-0.4, -0.2) is 15.8 Å². The van der Waals surface area contributed by atoms with Gasteiger partial charge in [0.25, 0.3) is 0 Å². The van der Waals surface area contributed by atoms with Crippen molar-refractivity contribution < 1.29 is 0 Å². The molecule has 3 nitrogen and oxygen atoms in total. The van der Waals surface area contributed by atoms with E-state index in [1.807, 2.05) is 10.8 Å². The van der Waals surface area contributed by atoms with Crippen LogP contribution in [0.5, 0.6) is 0 Å². The topological polar surface area (TPSA) is 29.9 Å². The molecule has 1 N–H and O–H groups in total. The molecule has 1 aromatic heterocycles. The number of nitrogens with one attached hydrogen (secondary N) is 1. The van der Waals surface area contributed by atoms with Gasteiger partial charge in [-0.05, 0) is 13.3 Å². The van der Waals surface area contributed by atoms with Crippen molar-refractivity contribution in [3.05, 3.63) is 30.1 Å². The Balaban J connectivity index is 2.56. The standard InChI is InChI=1S/C12H21N3/c1-5-6-7-15-9-12(11(4)14-15)8-13-10(2)3/h5,9-10,13H,1,6-8H2,2-4H3. The first kappa shape index (κ1) is 12.0. The quantitative estimate of drug-likeness (QED) is 0.725. The fourth-order valence-electron chi connectivity index (χ4n) is 1.38. The van der Waals surface area contributed by atoms with Crippen LogP contribution < -0.4 is 5.32 Å². The van der Waals surface area contributed by atoms with Gasteiger partial charge in [-0.25, -0.2) is 0 Å². The minimum atomic E-state index is 0.515. The molecule has 0 unspecified atom stereocenters. The molecule has 0 aromatic carbocycles. The van der Waals surface area contributed by atoms with E-state index in [4.69, 9.17) is 0 Å². The highest BCUT2D eigenvalue weighted by Crippen LogP contribution is 2.06. The van der Waals surface area contributed by atoms with Crippen LogP contribution in [0, 0.1) is 6.92 Å². The Morgan fingerprint density at radius 3 is 2.93 bits per heavy atom. The van der Waals surface area contributed by atoms with Crippen LogP contribution in [0.4, 0.5) is 0 Å². The largest absolute Gasteiger partial charge is 0.310 e. The van der Waals surface area contributed by atoms with Crippen molar-refractivity contribution in [2.45, 2.75) is 46.3 Å². The highest BCUT2D eigenvalue weighted by molar-refractivity contribution is 5.15. The van der Waals surface area contributed by atoms with E-state index in [-0.39, 0.29) is 0 Å². The Hall–Kier alpha value is -1.09. The zero-order chi connectivity index (χ0) is 11.3. The fraction of sp³-hybridized carbons (Fsp3) is 0.583. The zero-order valence-electron chi connectivity index (χ0n) is 9.95. The van der Waals surface area contributed by atoms with Crippen molar-refractivity contribution in [2.75, 3.05) is 0 Å². The molecule has 0 saturated heterocycles. The molecule has 0 spiro atoms. The van der Waals surface area contributed by atoms with Crippen LogP contribution in [-0.2, 0) is 13.1 Å². The van der Waals surface area contributed by atoms with Crippen molar-refractivity contribution in [1.29, 1.82) is 0 Å². The fourth-order valence-corrected chi connectivity index (χ4v) is 1.38. The summed E-state index contributed by atoms with van der Waals surface area (Å²) in [5.41, 5.74) is 2.40. The van der Waals surface area contributed by atoms with Crippen LogP contribution in [0.15, 0.2) is 18.9 Å². The number of aryl methyl sites for hydroxylation is 2. The van der Waals surface area contributed by atoms with Gasteiger partial charge in [-0.1, -0.05) is 19.9 Å². The van der Waals surface area contributed by atoms with Gasteiger partial charge in [0.1, 0.15) is 0 Å². The third-order valence-corrected chi connectivity index (χ3v) is 2.31. The summed E-state index contributed by atoms with van der Waals surface area (Å²) in [5, 5.41) is 7.85. The van der Waals surface area contributed by atoms with Crippen molar-refractivity contribution in [3.63, 3.8) is 0 Å². The molecular weight excluding hydrogens is 186 g/mol. The predicted octanol–water partition coefficient (Wildman–Crippen LogP) is 2.27. The first-order valence-corrected chi connectivity index (χ1v) is 5.50. The van der Waals surface area contributed by atoms with E-state index in [1.54, 1.807) is 0 Å². The maximum atomic E-state index is 4.45. The van der Waals surface area contributed by atoms with E-state index in [9.17, 15) is 0 Å². The van der Waals surface area contributed by atoms with Gasteiger partial charge in [-0.3, -0.25) is 4.68 Å². The highest BCUT2D eigenvalue weighted by Gasteiger charge is 2.04. The van der Waals surface area contributed by atoms with E-state index in [0.29, 0.717) is 6.04 Å². The van der Waals surface area contributed by atoms with E-state index in [0.717, 1.165) is 25.2 Å². The second kappa shape index (κ2) is 5.71. The molecule has 3 heteroatoms. The monoisotopic (exact) mass is 207 g/mol. The van der Waals surface area contributed by atoms with Crippen molar-refractivity contribution >= 4 is 0 Å². The first-order chi connectivity index (χ1) is 7.13. The van der Waals surface area contributed by atoms with Gasteiger partial charge >= 0.3 is 0 Å². The van der Waals surface area contributed by atoms with Gasteiger partial charge in [0.2, 0.25) is 0 Å². The summed E-state index contributed by atoms with van der Waals surface area (Å²) in [6.45, 7) is 11.9. The molecule has 0 aliphatic rings. The van der Waals surface area contributed by atoms with Crippen molar-refractivity contribution in [1.82, 2.24) is 15.1 Å². The molecule has 0 atom stereocenters. The lowest BCUT2D eigenvalue weighted by Crippen LogP contribution is -2.21. The van der Waals surface area contributed by atoms with E-state index in [1.165, 1.54) is 5.56 Å². The van der Waals surface area contributed by atoms with E-state index >= 15 is 0 Å². The number of hydrogen-bond acceptors (Lipinski definition) is 2. The molecule has 0 aliphatic heterocycles. The van der Waals surface area contributed by atoms with Crippen molar-refractivity contribution in [2.24, 2.45) is 0 Å². The predicted molar refractivity (Wildman–Crippen MR) is 63.8 cm³/mol. The molecule has 0 radical (unpaired) electrons. The lowest BCUT2D eigenvalue weighted by atomic mass is 10.2. The second-order valence-corrected chi connectivity index (χ2v) is 4.12. The molecule has 1 aromatic rings. The SMILES string of the molecule is C=CCCn1cc(CNC(C)C)c(C)n1. The number of hydrogen-bond donors (Lipinski definition) is 1. The minimum absolute atomic E-state index is 0.515. The molecule has 15 heavy (non-hydrogen) atoms. The Morgan fingerprint density at radius 2 is 2.33 bits per heavy atom. The molecule has 0 aliphatic carbocycles. The molecule has 0 fully saturated rings. The summed E-state index contributed by atoms with van der Waals surface area (Å²) in [5.74, 6) is 0. The molecule has 0 bridgehead atoms. The molecule has 1 heterocycles. The summed E-state index contributed by atoms with van der Waals surface area (Å²) in [4.78, 5) is 0. The third kappa shape index (κ3) is 3.88. The Bertz CT molecular complexity index is 313. The van der Waals surface area contributed by atoms with Gasteiger partial charge in [0, 0.05) is 30.9 Å². The van der Waals surface area contributed by atoms with Crippen molar-refractivity contribution in [3.8, 4) is 0 Å². The van der Waals surface area contributed by atoms with Gasteiger partial charge in [-0.15, -0.1) is 6.58 Å². The van der Waals surface area contributed by atoms with E-state index < -0.39 is 0 Å². The summed E-state index contributed by atoms with van der Waals surface area (Å²) in [6, 6.07) is 0.515. The number of rotatable bonds is 6. The summed E-state index contributed by atoms with van der Waals surface area (Å²) in [7, 11) is 0. The minimum Gasteiger partial charge on any atom is -0.310 e. The lowest BCUT2D eigenvalue weighted by Gasteiger charge is -2.06. The Labute approximate surface area is 92.2 Å². The normalized spacial score (nSPS) is 10.9. The van der Waals surface area contributed by atoms with Crippen LogP contribution in [0.1, 0.15) is 31.5 Å². The number of allylic oxidation sites excluding steroid dienone is 1. The number of aromatic nitrogens is 2. The summed E-state index contributed by atoms with van der Waals surface area (Å²) in [6.07, 6.45) is 5.01. The first-order valence-electron chi connectivity index (χ1n) is 5.50. The van der Waals surface area contributed by atoms with Gasteiger partial charge in [-0.2, -0.15) is 5.10 Å². The van der Waals surface area contributed by atoms with Gasteiger partial charge < -0.3 is 5.32 Å². The Kier molecular flexibility index (Phi) is 4.56. The lowest BCUT2D eigenvalue weighted by molar-refractivity contribution is 0.586. The van der Waals surface area contributed by atoms with Gasteiger partial charge in [0.05, 0.1) is 5.69 Å². The van der Waals surface area contributed by atoms with Crippen LogP contribution in [0.25, 0.3) is 0 Å². The maximum Gasteiger partial charge on any atom is 0.0638 e.